The monoisotopic (exact) mass is 872 g/mol. The minimum absolute atomic E-state index is 0.0343. The van der Waals surface area contributed by atoms with Gasteiger partial charge in [-0.05, 0) is 62.6 Å². The summed E-state index contributed by atoms with van der Waals surface area (Å²) in [5.41, 5.74) is 10.5. The number of anilines is 1. The van der Waals surface area contributed by atoms with Gasteiger partial charge in [0.15, 0.2) is 5.82 Å². The summed E-state index contributed by atoms with van der Waals surface area (Å²) in [5.74, 6) is 5.68. The third-order valence-corrected chi connectivity index (χ3v) is 12.7. The maximum Gasteiger partial charge on any atom is 0.432 e. The Labute approximate surface area is 361 Å². The Bertz CT molecular complexity index is 2470. The van der Waals surface area contributed by atoms with Gasteiger partial charge in [0.25, 0.3) is 5.91 Å². The van der Waals surface area contributed by atoms with Crippen molar-refractivity contribution in [1.29, 1.82) is 0 Å². The molecule has 3 amide bonds. The van der Waals surface area contributed by atoms with E-state index in [1.807, 2.05) is 12.1 Å². The van der Waals surface area contributed by atoms with E-state index in [1.54, 1.807) is 19.2 Å². The summed E-state index contributed by atoms with van der Waals surface area (Å²) in [6.07, 6.45) is 2.96. The van der Waals surface area contributed by atoms with Crippen LogP contribution in [0.25, 0.3) is 16.6 Å². The summed E-state index contributed by atoms with van der Waals surface area (Å²) >= 11 is 0. The van der Waals surface area contributed by atoms with Gasteiger partial charge in [0, 0.05) is 71.3 Å². The number of para-hydroxylation sites is 1. The fourth-order valence-corrected chi connectivity index (χ4v) is 9.25. The Morgan fingerprint density at radius 1 is 1.08 bits per heavy atom. The number of carbonyl (C=O) groups is 3. The maximum absolute atomic E-state index is 13.9. The van der Waals surface area contributed by atoms with Crippen LogP contribution in [-0.2, 0) is 26.2 Å². The van der Waals surface area contributed by atoms with Crippen LogP contribution in [0.1, 0.15) is 62.4 Å². The standard InChI is InChI=1S/C43H51F3N12O5/c1-54-37-27(4-2-6-33(37)58(42(54)62)34-11-12-36(59)53-41(34)61)5-3-15-55-16-18-56(19-17-55)23-26-7-9-28(10-8-26)50-22-32(38(48)43(44,45)46)51-40(60)31(21-47)39-49-14-13-35(52-39)57-24-30-20-29(57)25-63-30/h2,4,6,13-14,21-22,26,28-30,34H,7-12,15-20,23-25,47-48H2,1H3,(H,51,60)(H,53,59,61)/t26?,28?,29-,30-,34?/m1/s1. The number of halogens is 3. The van der Waals surface area contributed by atoms with Crippen LogP contribution in [0.5, 0.6) is 0 Å². The van der Waals surface area contributed by atoms with Gasteiger partial charge in [-0.15, -0.1) is 0 Å². The van der Waals surface area contributed by atoms with E-state index in [0.717, 1.165) is 64.4 Å². The lowest BCUT2D eigenvalue weighted by Gasteiger charge is -2.37. The molecule has 4 aliphatic heterocycles. The second kappa shape index (κ2) is 18.4. The Hall–Kier alpha value is -6.04. The largest absolute Gasteiger partial charge is 0.432 e. The zero-order valence-corrected chi connectivity index (χ0v) is 34.9. The normalized spacial score (nSPS) is 25.3. The van der Waals surface area contributed by atoms with Crippen molar-refractivity contribution >= 4 is 46.4 Å². The number of aromatic nitrogens is 4. The van der Waals surface area contributed by atoms with Crippen molar-refractivity contribution in [3.8, 4) is 11.8 Å². The van der Waals surface area contributed by atoms with Crippen molar-refractivity contribution in [3.05, 3.63) is 69.9 Å². The highest BCUT2D eigenvalue weighted by Crippen LogP contribution is 2.32. The molecule has 0 radical (unpaired) electrons. The number of alkyl halides is 3. The number of piperazine rings is 1. The number of amides is 3. The topological polar surface area (TPSA) is 211 Å². The molecule has 1 aliphatic carbocycles. The molecule has 0 spiro atoms. The van der Waals surface area contributed by atoms with Gasteiger partial charge in [-0.2, -0.15) is 13.2 Å². The number of allylic oxidation sites excluding steroid dienone is 2. The lowest BCUT2D eigenvalue weighted by Crippen LogP contribution is -2.48. The first kappa shape index (κ1) is 43.6. The summed E-state index contributed by atoms with van der Waals surface area (Å²) in [4.78, 5) is 70.9. The zero-order valence-electron chi connectivity index (χ0n) is 34.9. The lowest BCUT2D eigenvalue weighted by atomic mass is 9.86. The molecule has 2 aromatic heterocycles. The highest BCUT2D eigenvalue weighted by Gasteiger charge is 2.40. The quantitative estimate of drug-likeness (QED) is 0.0990. The third kappa shape index (κ3) is 9.50. The van der Waals surface area contributed by atoms with Crippen LogP contribution in [0.2, 0.25) is 0 Å². The molecule has 3 aromatic rings. The van der Waals surface area contributed by atoms with E-state index in [2.05, 4.69) is 52.1 Å². The third-order valence-electron chi connectivity index (χ3n) is 12.7. The van der Waals surface area contributed by atoms with Crippen LogP contribution in [-0.4, -0.2) is 130 Å². The van der Waals surface area contributed by atoms with Crippen molar-refractivity contribution < 1.29 is 32.3 Å². The number of aryl methyl sites for hydroxylation is 1. The number of benzene rings is 1. The molecule has 3 atom stereocenters. The molecular formula is C43H51F3N12O5. The Morgan fingerprint density at radius 2 is 1.84 bits per heavy atom. The first-order chi connectivity index (χ1) is 30.3. The molecular weight excluding hydrogens is 822 g/mol. The predicted molar refractivity (Wildman–Crippen MR) is 228 cm³/mol. The molecule has 1 aromatic carbocycles. The van der Waals surface area contributed by atoms with Crippen LogP contribution in [0.3, 0.4) is 0 Å². The number of rotatable bonds is 10. The van der Waals surface area contributed by atoms with Crippen molar-refractivity contribution in [2.45, 2.75) is 75.4 Å². The molecule has 20 heteroatoms. The first-order valence-electron chi connectivity index (χ1n) is 21.3. The first-order valence-corrected chi connectivity index (χ1v) is 21.3. The molecule has 1 saturated carbocycles. The van der Waals surface area contributed by atoms with Crippen molar-refractivity contribution in [2.75, 3.05) is 57.3 Å². The Morgan fingerprint density at radius 3 is 2.52 bits per heavy atom. The van der Waals surface area contributed by atoms with Gasteiger partial charge in [-0.1, -0.05) is 17.9 Å². The molecule has 6 N–H and O–H groups in total. The summed E-state index contributed by atoms with van der Waals surface area (Å²) in [6, 6.07) is 6.30. The van der Waals surface area contributed by atoms with E-state index in [9.17, 15) is 32.3 Å². The minimum atomic E-state index is -4.92. The number of hydrogen-bond acceptors (Lipinski definition) is 13. The highest BCUT2D eigenvalue weighted by atomic mass is 19.4. The molecule has 334 valence electrons. The summed E-state index contributed by atoms with van der Waals surface area (Å²) in [6.45, 7) is 6.05. The molecule has 6 heterocycles. The number of piperidine rings is 1. The number of nitrogens with two attached hydrogens (primary N) is 2. The van der Waals surface area contributed by atoms with Crippen LogP contribution >= 0.6 is 0 Å². The number of fused-ring (bicyclic) bond motifs is 3. The number of morpholine rings is 1. The van der Waals surface area contributed by atoms with Crippen molar-refractivity contribution in [3.63, 3.8) is 0 Å². The van der Waals surface area contributed by atoms with Gasteiger partial charge in [-0.25, -0.2) is 14.8 Å². The van der Waals surface area contributed by atoms with Gasteiger partial charge in [0.05, 0.1) is 59.2 Å². The van der Waals surface area contributed by atoms with Crippen LogP contribution in [0, 0.1) is 17.8 Å². The van der Waals surface area contributed by atoms with E-state index in [4.69, 9.17) is 16.2 Å². The van der Waals surface area contributed by atoms with Gasteiger partial charge in [0.2, 0.25) is 11.8 Å². The van der Waals surface area contributed by atoms with Crippen LogP contribution < -0.4 is 32.7 Å². The molecule has 1 unspecified atom stereocenters. The van der Waals surface area contributed by atoms with Gasteiger partial charge >= 0.3 is 11.9 Å². The van der Waals surface area contributed by atoms with Crippen molar-refractivity contribution in [2.24, 2.45) is 29.4 Å². The number of hydrogen-bond donors (Lipinski definition) is 4. The van der Waals surface area contributed by atoms with Gasteiger partial charge in [-0.3, -0.25) is 38.7 Å². The predicted octanol–water partition coefficient (Wildman–Crippen LogP) is 1.53. The molecule has 63 heavy (non-hydrogen) atoms. The van der Waals surface area contributed by atoms with E-state index < -0.39 is 35.4 Å². The molecule has 4 saturated heterocycles. The van der Waals surface area contributed by atoms with Crippen molar-refractivity contribution in [1.82, 2.24) is 39.5 Å². The van der Waals surface area contributed by atoms with Crippen LogP contribution in [0.15, 0.2) is 57.8 Å². The average Bonchev–Trinajstić information content (AvgIpc) is 3.98. The fraction of sp³-hybridized carbons (Fsp3) is 0.512. The van der Waals surface area contributed by atoms with Gasteiger partial charge < -0.3 is 31.3 Å². The second-order valence-electron chi connectivity index (χ2n) is 16.8. The lowest BCUT2D eigenvalue weighted by molar-refractivity contribution is -0.135. The summed E-state index contributed by atoms with van der Waals surface area (Å²) < 4.78 is 50.3. The zero-order chi connectivity index (χ0) is 44.4. The number of carbonyl (C=O) groups excluding carboxylic acids is 3. The highest BCUT2D eigenvalue weighted by molar-refractivity contribution is 6.19. The maximum atomic E-state index is 13.9. The van der Waals surface area contributed by atoms with E-state index in [1.165, 1.54) is 15.3 Å². The molecule has 5 aliphatic rings. The van der Waals surface area contributed by atoms with E-state index in [-0.39, 0.29) is 54.0 Å². The SMILES string of the molecule is Cn1c(=O)n(C2CCC(=O)NC2=O)c2cccc(C#CCN3CCN(CC4CCC(N=CC(NC(=O)C(=CN)c5nccc(N6C[C@H]7C[C@@H]6CO7)n5)=C(N)C(F)(F)F)CC4)CC3)c21. The fourth-order valence-electron chi connectivity index (χ4n) is 9.25. The molecule has 5 fully saturated rings. The minimum Gasteiger partial charge on any atom is -0.404 e. The number of ether oxygens (including phenoxy) is 1. The van der Waals surface area contributed by atoms with Crippen LogP contribution in [0.4, 0.5) is 19.0 Å². The number of aliphatic imine (C=N–C) groups is 1. The second-order valence-corrected chi connectivity index (χ2v) is 16.8. The van der Waals surface area contributed by atoms with Gasteiger partial charge in [0.1, 0.15) is 17.6 Å². The average molecular weight is 873 g/mol. The molecule has 8 rings (SSSR count). The Kier molecular flexibility index (Phi) is 12.7. The summed E-state index contributed by atoms with van der Waals surface area (Å²) in [7, 11) is 1.66. The smallest absolute Gasteiger partial charge is 0.404 e. The number of imide groups is 1. The molecule has 2 bridgehead atoms. The number of nitrogens with zero attached hydrogens (tertiary/aromatic N) is 8. The van der Waals surface area contributed by atoms with E-state index in [0.29, 0.717) is 60.9 Å². The Balaban J connectivity index is 0.818. The number of nitrogens with one attached hydrogen (secondary N) is 2. The number of imidazole rings is 1. The summed E-state index contributed by atoms with van der Waals surface area (Å²) in [5, 5.41) is 4.61. The van der Waals surface area contributed by atoms with E-state index >= 15 is 0 Å². The molecule has 17 nitrogen and oxygen atoms in total.